The van der Waals surface area contributed by atoms with E-state index in [2.05, 4.69) is 54.6 Å². The zero-order valence-corrected chi connectivity index (χ0v) is 13.3. The molecule has 2 heterocycles. The van der Waals surface area contributed by atoms with Gasteiger partial charge in [-0.05, 0) is 45.4 Å². The number of nitrogens with one attached hydrogen (secondary N) is 2. The van der Waals surface area contributed by atoms with E-state index >= 15 is 0 Å². The fourth-order valence-corrected chi connectivity index (χ4v) is 3.12. The molecule has 0 fully saturated rings. The monoisotopic (exact) mass is 294 g/mol. The minimum Gasteiger partial charge on any atom is -0.407 e. The number of nitrogens with zero attached hydrogens (tertiary/aromatic N) is 2. The molecule has 0 aromatic carbocycles. The Morgan fingerprint density at radius 1 is 1.35 bits per heavy atom. The van der Waals surface area contributed by atoms with Crippen LogP contribution in [0.2, 0.25) is 0 Å². The van der Waals surface area contributed by atoms with Crippen LogP contribution in [0.1, 0.15) is 47.5 Å². The van der Waals surface area contributed by atoms with E-state index in [9.17, 15) is 0 Å². The summed E-state index contributed by atoms with van der Waals surface area (Å²) >= 11 is 1.81. The number of hydrogen-bond donors (Lipinski definition) is 2. The van der Waals surface area contributed by atoms with Crippen LogP contribution >= 0.6 is 11.3 Å². The van der Waals surface area contributed by atoms with Gasteiger partial charge in [0.2, 0.25) is 5.89 Å². The van der Waals surface area contributed by atoms with Gasteiger partial charge in [-0.25, -0.2) is 0 Å². The van der Waals surface area contributed by atoms with Gasteiger partial charge < -0.3 is 15.1 Å². The highest BCUT2D eigenvalue weighted by Gasteiger charge is 2.14. The van der Waals surface area contributed by atoms with Crippen molar-refractivity contribution in [1.82, 2.24) is 15.5 Å². The Balaban J connectivity index is 1.94. The third-order valence-electron chi connectivity index (χ3n) is 3.06. The predicted molar refractivity (Wildman–Crippen MR) is 82.1 cm³/mol. The van der Waals surface area contributed by atoms with E-state index < -0.39 is 0 Å². The fraction of sp³-hybridized carbons (Fsp3) is 0.571. The molecule has 2 N–H and O–H groups in total. The second-order valence-electron chi connectivity index (χ2n) is 4.91. The van der Waals surface area contributed by atoms with Crippen LogP contribution in [0.15, 0.2) is 10.5 Å². The van der Waals surface area contributed by atoms with Gasteiger partial charge in [0.1, 0.15) is 0 Å². The van der Waals surface area contributed by atoms with E-state index in [1.807, 2.05) is 11.3 Å². The van der Waals surface area contributed by atoms with Crippen molar-refractivity contribution in [1.29, 1.82) is 0 Å². The second-order valence-corrected chi connectivity index (χ2v) is 6.37. The Morgan fingerprint density at radius 2 is 2.15 bits per heavy atom. The first-order chi connectivity index (χ1) is 9.60. The molecule has 1 atom stereocenters. The molecule has 0 aliphatic rings. The SMILES string of the molecule is CCCNCc1nnc(NC(C)c2cc(C)sc2C)o1. The lowest BCUT2D eigenvalue weighted by molar-refractivity contribution is 0.474. The third kappa shape index (κ3) is 3.80. The van der Waals surface area contributed by atoms with Crippen LogP contribution in [-0.2, 0) is 6.54 Å². The van der Waals surface area contributed by atoms with Crippen LogP contribution in [0.3, 0.4) is 0 Å². The van der Waals surface area contributed by atoms with Gasteiger partial charge in [0.15, 0.2) is 0 Å². The highest BCUT2D eigenvalue weighted by atomic mass is 32.1. The van der Waals surface area contributed by atoms with Crippen molar-refractivity contribution in [2.45, 2.75) is 46.7 Å². The van der Waals surface area contributed by atoms with Gasteiger partial charge in [-0.15, -0.1) is 16.4 Å². The summed E-state index contributed by atoms with van der Waals surface area (Å²) in [6.45, 7) is 10.1. The van der Waals surface area contributed by atoms with Crippen molar-refractivity contribution in [3.8, 4) is 0 Å². The van der Waals surface area contributed by atoms with Gasteiger partial charge in [-0.2, -0.15) is 0 Å². The van der Waals surface area contributed by atoms with E-state index in [4.69, 9.17) is 4.42 Å². The molecule has 0 spiro atoms. The molecule has 0 aliphatic carbocycles. The van der Waals surface area contributed by atoms with E-state index in [-0.39, 0.29) is 6.04 Å². The smallest absolute Gasteiger partial charge is 0.315 e. The number of hydrogen-bond acceptors (Lipinski definition) is 6. The lowest BCUT2D eigenvalue weighted by Gasteiger charge is -2.11. The van der Waals surface area contributed by atoms with E-state index in [1.54, 1.807) is 0 Å². The normalized spacial score (nSPS) is 12.6. The molecule has 0 saturated heterocycles. The highest BCUT2D eigenvalue weighted by Crippen LogP contribution is 2.28. The van der Waals surface area contributed by atoms with Gasteiger partial charge in [0, 0.05) is 9.75 Å². The Labute approximate surface area is 123 Å². The summed E-state index contributed by atoms with van der Waals surface area (Å²) in [4.78, 5) is 2.65. The summed E-state index contributed by atoms with van der Waals surface area (Å²) in [7, 11) is 0. The topological polar surface area (TPSA) is 63.0 Å². The molecule has 2 aromatic rings. The van der Waals surface area contributed by atoms with Crippen LogP contribution in [0.25, 0.3) is 0 Å². The van der Waals surface area contributed by atoms with E-state index in [0.29, 0.717) is 18.5 Å². The quantitative estimate of drug-likeness (QED) is 0.766. The van der Waals surface area contributed by atoms with Crippen LogP contribution < -0.4 is 10.6 Å². The van der Waals surface area contributed by atoms with Crippen LogP contribution in [0.4, 0.5) is 6.01 Å². The summed E-state index contributed by atoms with van der Waals surface area (Å²) in [5.41, 5.74) is 1.29. The van der Waals surface area contributed by atoms with Crippen LogP contribution in [0, 0.1) is 13.8 Å². The number of rotatable bonds is 7. The lowest BCUT2D eigenvalue weighted by Crippen LogP contribution is -2.13. The first-order valence-corrected chi connectivity index (χ1v) is 7.78. The summed E-state index contributed by atoms with van der Waals surface area (Å²) in [6, 6.07) is 2.85. The molecule has 1 unspecified atom stereocenters. The molecule has 0 bridgehead atoms. The zero-order valence-electron chi connectivity index (χ0n) is 12.5. The average Bonchev–Trinajstić information content (AvgIpc) is 2.96. The summed E-state index contributed by atoms with van der Waals surface area (Å²) in [5.74, 6) is 0.617. The Bertz CT molecular complexity index is 549. The molecule has 5 nitrogen and oxygen atoms in total. The van der Waals surface area contributed by atoms with Gasteiger partial charge in [0.05, 0.1) is 12.6 Å². The largest absolute Gasteiger partial charge is 0.407 e. The van der Waals surface area contributed by atoms with Crippen molar-refractivity contribution >= 4 is 17.4 Å². The molecule has 20 heavy (non-hydrogen) atoms. The number of thiophene rings is 1. The molecule has 0 radical (unpaired) electrons. The Morgan fingerprint density at radius 3 is 2.80 bits per heavy atom. The van der Waals surface area contributed by atoms with Crippen molar-refractivity contribution in [3.05, 3.63) is 27.3 Å². The number of anilines is 1. The molecular formula is C14H22N4OS. The van der Waals surface area contributed by atoms with Gasteiger partial charge >= 0.3 is 6.01 Å². The first kappa shape index (κ1) is 15.0. The summed E-state index contributed by atoms with van der Waals surface area (Å²) < 4.78 is 5.58. The summed E-state index contributed by atoms with van der Waals surface area (Å²) in [6.07, 6.45) is 1.09. The molecule has 0 saturated carbocycles. The van der Waals surface area contributed by atoms with E-state index in [1.165, 1.54) is 15.3 Å². The van der Waals surface area contributed by atoms with Gasteiger partial charge in [-0.3, -0.25) is 0 Å². The Kier molecular flexibility index (Phi) is 5.14. The minimum absolute atomic E-state index is 0.164. The van der Waals surface area contributed by atoms with Crippen LogP contribution in [-0.4, -0.2) is 16.7 Å². The third-order valence-corrected chi connectivity index (χ3v) is 4.04. The van der Waals surface area contributed by atoms with E-state index in [0.717, 1.165) is 13.0 Å². The first-order valence-electron chi connectivity index (χ1n) is 6.96. The molecule has 110 valence electrons. The van der Waals surface area contributed by atoms with Crippen molar-refractivity contribution in [3.63, 3.8) is 0 Å². The van der Waals surface area contributed by atoms with Gasteiger partial charge in [0.25, 0.3) is 0 Å². The Hall–Kier alpha value is -1.40. The maximum atomic E-state index is 5.58. The number of aromatic nitrogens is 2. The highest BCUT2D eigenvalue weighted by molar-refractivity contribution is 7.12. The molecule has 6 heteroatoms. The molecular weight excluding hydrogens is 272 g/mol. The van der Waals surface area contributed by atoms with Crippen molar-refractivity contribution < 1.29 is 4.42 Å². The summed E-state index contributed by atoms with van der Waals surface area (Å²) in [5, 5.41) is 14.6. The van der Waals surface area contributed by atoms with Crippen molar-refractivity contribution in [2.75, 3.05) is 11.9 Å². The standard InChI is InChI=1S/C14H22N4OS/c1-5-6-15-8-13-17-18-14(19-13)16-10(3)12-7-9(2)20-11(12)4/h7,10,15H,5-6,8H2,1-4H3,(H,16,18). The maximum Gasteiger partial charge on any atom is 0.315 e. The van der Waals surface area contributed by atoms with Gasteiger partial charge in [-0.1, -0.05) is 12.0 Å². The minimum atomic E-state index is 0.164. The second kappa shape index (κ2) is 6.85. The zero-order chi connectivity index (χ0) is 14.5. The van der Waals surface area contributed by atoms with Crippen LogP contribution in [0.5, 0.6) is 0 Å². The molecule has 0 amide bonds. The lowest BCUT2D eigenvalue weighted by atomic mass is 10.1. The maximum absolute atomic E-state index is 5.58. The number of aryl methyl sites for hydroxylation is 2. The molecule has 2 aromatic heterocycles. The fourth-order valence-electron chi connectivity index (χ4n) is 2.10. The molecule has 0 aliphatic heterocycles. The average molecular weight is 294 g/mol. The molecule has 2 rings (SSSR count). The predicted octanol–water partition coefficient (Wildman–Crippen LogP) is 3.42. The van der Waals surface area contributed by atoms with Crippen molar-refractivity contribution in [2.24, 2.45) is 0 Å².